The number of nitrogens with zero attached hydrogens (tertiary/aromatic N) is 3. The predicted octanol–water partition coefficient (Wildman–Crippen LogP) is 6.50. The standard InChI is InChI=1S/C28H33N3OS2/c1-4-7-23-18-24-27(29-25-8-5-6-9-26(25)34-28(24)33-23)31-17-16-30(2)21(19-31)13-10-20-11-14-22(32-3)15-12-20/h5-6,8-9,11-12,14-15,18,21H,4,7,10,13,16-17,19H2,1-3H3. The number of ether oxygens (including phenoxy) is 1. The lowest BCUT2D eigenvalue weighted by Gasteiger charge is -2.41. The molecule has 5 rings (SSSR count). The summed E-state index contributed by atoms with van der Waals surface area (Å²) in [5, 5.41) is 0. The summed E-state index contributed by atoms with van der Waals surface area (Å²) in [7, 11) is 3.99. The van der Waals surface area contributed by atoms with Crippen LogP contribution >= 0.6 is 23.1 Å². The van der Waals surface area contributed by atoms with E-state index in [2.05, 4.69) is 78.4 Å². The molecule has 0 spiro atoms. The third-order valence-corrected chi connectivity index (χ3v) is 9.24. The van der Waals surface area contributed by atoms with Gasteiger partial charge in [0.05, 0.1) is 17.0 Å². The third-order valence-electron chi connectivity index (χ3n) is 6.78. The number of benzene rings is 2. The molecule has 2 aromatic carbocycles. The quantitative estimate of drug-likeness (QED) is 0.393. The lowest BCUT2D eigenvalue weighted by atomic mass is 10.0. The highest BCUT2D eigenvalue weighted by Gasteiger charge is 2.30. The molecule has 0 N–H and O–H groups in total. The second-order valence-corrected chi connectivity index (χ2v) is 11.6. The minimum absolute atomic E-state index is 0.502. The number of methoxy groups -OCH3 is 1. The fraction of sp³-hybridized carbons (Fsp3) is 0.393. The first-order valence-electron chi connectivity index (χ1n) is 12.2. The molecule has 1 unspecified atom stereocenters. The van der Waals surface area contributed by atoms with Gasteiger partial charge in [-0.15, -0.1) is 11.3 Å². The molecule has 3 heterocycles. The molecule has 2 aliphatic heterocycles. The van der Waals surface area contributed by atoms with E-state index in [0.717, 1.165) is 56.2 Å². The van der Waals surface area contributed by atoms with Crippen molar-refractivity contribution >= 4 is 34.6 Å². The Morgan fingerprint density at radius 1 is 1.06 bits per heavy atom. The average molecular weight is 492 g/mol. The second-order valence-electron chi connectivity index (χ2n) is 9.14. The van der Waals surface area contributed by atoms with E-state index in [0.29, 0.717) is 6.04 Å². The van der Waals surface area contributed by atoms with Crippen LogP contribution in [0.25, 0.3) is 0 Å². The van der Waals surface area contributed by atoms with Crippen molar-refractivity contribution in [3.05, 3.63) is 70.6 Å². The first-order valence-corrected chi connectivity index (χ1v) is 13.8. The summed E-state index contributed by atoms with van der Waals surface area (Å²) in [6, 6.07) is 20.0. The molecule has 2 aliphatic rings. The lowest BCUT2D eigenvalue weighted by Crippen LogP contribution is -2.53. The number of aryl methyl sites for hydroxylation is 2. The van der Waals surface area contributed by atoms with Gasteiger partial charge >= 0.3 is 0 Å². The highest BCUT2D eigenvalue weighted by Crippen LogP contribution is 2.45. The predicted molar refractivity (Wildman–Crippen MR) is 144 cm³/mol. The van der Waals surface area contributed by atoms with Crippen LogP contribution in [-0.4, -0.2) is 55.5 Å². The van der Waals surface area contributed by atoms with E-state index in [1.807, 2.05) is 23.1 Å². The second kappa shape index (κ2) is 10.5. The van der Waals surface area contributed by atoms with Gasteiger partial charge in [-0.25, -0.2) is 4.99 Å². The Morgan fingerprint density at radius 2 is 1.88 bits per heavy atom. The SMILES string of the molecule is CCCc1cc2c(s1)Sc1ccccc1N=C2N1CCN(C)C(CCc2ccc(OC)cc2)C1. The van der Waals surface area contributed by atoms with Crippen molar-refractivity contribution in [3.63, 3.8) is 0 Å². The maximum Gasteiger partial charge on any atom is 0.138 e. The molecule has 3 aromatic rings. The molecule has 0 bridgehead atoms. The normalized spacial score (nSPS) is 18.1. The molecular weight excluding hydrogens is 458 g/mol. The van der Waals surface area contributed by atoms with E-state index in [1.54, 1.807) is 7.11 Å². The fourth-order valence-electron chi connectivity index (χ4n) is 4.75. The van der Waals surface area contributed by atoms with Gasteiger partial charge < -0.3 is 9.64 Å². The van der Waals surface area contributed by atoms with E-state index in [4.69, 9.17) is 9.73 Å². The van der Waals surface area contributed by atoms with Crippen LogP contribution in [0.5, 0.6) is 5.75 Å². The van der Waals surface area contributed by atoms with Crippen LogP contribution in [0.1, 0.15) is 35.8 Å². The van der Waals surface area contributed by atoms with E-state index in [-0.39, 0.29) is 0 Å². The van der Waals surface area contributed by atoms with Crippen molar-refractivity contribution in [2.24, 2.45) is 4.99 Å². The Hall–Kier alpha value is -2.28. The van der Waals surface area contributed by atoms with Gasteiger partial charge in [-0.3, -0.25) is 4.90 Å². The first-order chi connectivity index (χ1) is 16.6. The van der Waals surface area contributed by atoms with E-state index in [1.165, 1.54) is 31.5 Å². The van der Waals surface area contributed by atoms with Crippen LogP contribution < -0.4 is 4.74 Å². The van der Waals surface area contributed by atoms with Crippen molar-refractivity contribution in [3.8, 4) is 5.75 Å². The van der Waals surface area contributed by atoms with E-state index in [9.17, 15) is 0 Å². The summed E-state index contributed by atoms with van der Waals surface area (Å²) in [5.74, 6) is 2.08. The Labute approximate surface area is 211 Å². The minimum atomic E-state index is 0.502. The highest BCUT2D eigenvalue weighted by atomic mass is 32.2. The maximum atomic E-state index is 5.31. The summed E-state index contributed by atoms with van der Waals surface area (Å²) in [5.41, 5.74) is 3.79. The lowest BCUT2D eigenvalue weighted by molar-refractivity contribution is 0.134. The van der Waals surface area contributed by atoms with Crippen LogP contribution in [-0.2, 0) is 12.8 Å². The number of hydrogen-bond donors (Lipinski definition) is 0. The number of aliphatic imine (C=N–C) groups is 1. The first kappa shape index (κ1) is 23.5. The van der Waals surface area contributed by atoms with Crippen LogP contribution in [0.4, 0.5) is 5.69 Å². The zero-order valence-electron chi connectivity index (χ0n) is 20.3. The molecule has 178 valence electrons. The summed E-state index contributed by atoms with van der Waals surface area (Å²) in [4.78, 5) is 13.1. The summed E-state index contributed by atoms with van der Waals surface area (Å²) < 4.78 is 6.70. The van der Waals surface area contributed by atoms with Crippen molar-refractivity contribution in [2.45, 2.75) is 47.8 Å². The molecular formula is C28H33N3OS2. The van der Waals surface area contributed by atoms with Crippen molar-refractivity contribution < 1.29 is 4.74 Å². The Balaban J connectivity index is 1.39. The number of hydrogen-bond acceptors (Lipinski definition) is 6. The number of fused-ring (bicyclic) bond motifs is 2. The minimum Gasteiger partial charge on any atom is -0.497 e. The zero-order valence-corrected chi connectivity index (χ0v) is 21.9. The zero-order chi connectivity index (χ0) is 23.5. The molecule has 0 amide bonds. The van der Waals surface area contributed by atoms with Gasteiger partial charge in [-0.2, -0.15) is 0 Å². The monoisotopic (exact) mass is 491 g/mol. The molecule has 0 radical (unpaired) electrons. The Morgan fingerprint density at radius 3 is 2.68 bits per heavy atom. The summed E-state index contributed by atoms with van der Waals surface area (Å²) >= 11 is 3.84. The molecule has 0 aliphatic carbocycles. The molecule has 1 fully saturated rings. The molecule has 4 nitrogen and oxygen atoms in total. The smallest absolute Gasteiger partial charge is 0.138 e. The molecule has 0 saturated carbocycles. The van der Waals surface area contributed by atoms with Gasteiger partial charge in [0.15, 0.2) is 0 Å². The third kappa shape index (κ3) is 5.04. The largest absolute Gasteiger partial charge is 0.497 e. The van der Waals surface area contributed by atoms with Crippen LogP contribution in [0.2, 0.25) is 0 Å². The summed E-state index contributed by atoms with van der Waals surface area (Å²) in [6.07, 6.45) is 4.52. The molecule has 1 atom stereocenters. The van der Waals surface area contributed by atoms with Crippen molar-refractivity contribution in [2.75, 3.05) is 33.8 Å². The van der Waals surface area contributed by atoms with Gasteiger partial charge in [-0.1, -0.05) is 49.4 Å². The molecule has 6 heteroatoms. The van der Waals surface area contributed by atoms with Gasteiger partial charge in [-0.05, 0) is 62.2 Å². The fourth-order valence-corrected chi connectivity index (χ4v) is 7.31. The molecule has 1 saturated heterocycles. The molecule has 1 aromatic heterocycles. The number of thiophene rings is 1. The number of rotatable bonds is 6. The average Bonchev–Trinajstić information content (AvgIpc) is 3.18. The van der Waals surface area contributed by atoms with Crippen molar-refractivity contribution in [1.82, 2.24) is 9.80 Å². The van der Waals surface area contributed by atoms with Gasteiger partial charge in [0, 0.05) is 41.0 Å². The van der Waals surface area contributed by atoms with Gasteiger partial charge in [0.25, 0.3) is 0 Å². The number of piperazine rings is 1. The Kier molecular flexibility index (Phi) is 7.28. The van der Waals surface area contributed by atoms with Gasteiger partial charge in [0.2, 0.25) is 0 Å². The maximum absolute atomic E-state index is 5.31. The number of amidine groups is 1. The molecule has 34 heavy (non-hydrogen) atoms. The van der Waals surface area contributed by atoms with Crippen LogP contribution in [0.15, 0.2) is 68.7 Å². The van der Waals surface area contributed by atoms with E-state index >= 15 is 0 Å². The van der Waals surface area contributed by atoms with E-state index < -0.39 is 0 Å². The van der Waals surface area contributed by atoms with Crippen LogP contribution in [0.3, 0.4) is 0 Å². The Bertz CT molecular complexity index is 1150. The highest BCUT2D eigenvalue weighted by molar-refractivity contribution is 8.01. The number of likely N-dealkylation sites (N-methyl/N-ethyl adjacent to an activating group) is 1. The van der Waals surface area contributed by atoms with Crippen LogP contribution in [0, 0.1) is 0 Å². The topological polar surface area (TPSA) is 28.1 Å². The van der Waals surface area contributed by atoms with Gasteiger partial charge in [0.1, 0.15) is 11.6 Å². The summed E-state index contributed by atoms with van der Waals surface area (Å²) in [6.45, 7) is 5.34. The van der Waals surface area contributed by atoms with Crippen molar-refractivity contribution in [1.29, 1.82) is 0 Å². The number of para-hydroxylation sites is 1.